The van der Waals surface area contributed by atoms with E-state index in [1.54, 1.807) is 18.3 Å². The molecule has 0 radical (unpaired) electrons. The third kappa shape index (κ3) is 6.33. The minimum Gasteiger partial charge on any atom is -0.507 e. The molecule has 6 rings (SSSR count). The molecular weight excluding hydrogens is 594 g/mol. The van der Waals surface area contributed by atoms with Crippen LogP contribution >= 0.6 is 0 Å². The second kappa shape index (κ2) is 13.2. The molecule has 1 aliphatic carbocycles. The van der Waals surface area contributed by atoms with Gasteiger partial charge >= 0.3 is 14.2 Å². The first-order valence-electron chi connectivity index (χ1n) is 16.3. The van der Waals surface area contributed by atoms with Gasteiger partial charge in [0, 0.05) is 6.20 Å². The molecule has 2 fully saturated rings. The standard InChI is InChI=1S/C36H40B2N2O7/c1-20(2)27-18-28-33(36(43)40(35(28)42)26-9-7-8-25(17-26)38(45)46)29-19-37(44)47-31(32(27)29)12-11-24(30-10-5-6-13-39-30)16-23-14-21(3)34(41)22(4)15-23/h5-10,13-17,20,28-29,31,33,41,44-46H,11-12,18-19H2,1-4H3/b24-16-/t28-,29+,31-,33-/m1/s1. The van der Waals surface area contributed by atoms with Gasteiger partial charge in [-0.3, -0.25) is 19.5 Å². The number of nitrogens with zero attached hydrogens (tertiary/aromatic N) is 2. The molecule has 3 aromatic rings. The Balaban J connectivity index is 1.34. The first-order valence-corrected chi connectivity index (χ1v) is 16.3. The predicted octanol–water partition coefficient (Wildman–Crippen LogP) is 4.06. The molecule has 9 nitrogen and oxygen atoms in total. The van der Waals surface area contributed by atoms with E-state index in [2.05, 4.69) is 24.9 Å². The molecule has 2 saturated heterocycles. The van der Waals surface area contributed by atoms with E-state index in [4.69, 9.17) is 4.65 Å². The number of aryl methyl sites for hydroxylation is 2. The third-order valence-corrected chi connectivity index (χ3v) is 9.89. The number of phenols is 1. The number of pyridine rings is 1. The lowest BCUT2D eigenvalue weighted by Gasteiger charge is -2.44. The van der Waals surface area contributed by atoms with Crippen LogP contribution in [0.25, 0.3) is 11.6 Å². The number of aromatic nitrogens is 1. The van der Waals surface area contributed by atoms with Crippen LogP contribution in [0.2, 0.25) is 6.32 Å². The largest absolute Gasteiger partial charge is 0.507 e. The number of aromatic hydroxyl groups is 1. The number of imide groups is 1. The minimum absolute atomic E-state index is 0.0911. The molecule has 11 heteroatoms. The van der Waals surface area contributed by atoms with Crippen LogP contribution in [0.5, 0.6) is 5.75 Å². The van der Waals surface area contributed by atoms with Crippen LogP contribution in [-0.4, -0.2) is 57.3 Å². The maximum Gasteiger partial charge on any atom is 0.488 e. The quantitative estimate of drug-likeness (QED) is 0.165. The summed E-state index contributed by atoms with van der Waals surface area (Å²) in [5.74, 6) is -1.89. The van der Waals surface area contributed by atoms with Gasteiger partial charge < -0.3 is 24.8 Å². The van der Waals surface area contributed by atoms with E-state index < -0.39 is 32.2 Å². The van der Waals surface area contributed by atoms with Crippen molar-refractivity contribution in [3.05, 3.63) is 94.3 Å². The van der Waals surface area contributed by atoms with Crippen LogP contribution < -0.4 is 10.4 Å². The van der Waals surface area contributed by atoms with Crippen LogP contribution in [0.4, 0.5) is 5.69 Å². The Labute approximate surface area is 275 Å². The molecule has 0 bridgehead atoms. The fraction of sp³-hybridized carbons (Fsp3) is 0.361. The fourth-order valence-corrected chi connectivity index (χ4v) is 7.72. The lowest BCUT2D eigenvalue weighted by atomic mass is 9.57. The van der Waals surface area contributed by atoms with Crippen molar-refractivity contribution in [2.24, 2.45) is 23.7 Å². The lowest BCUT2D eigenvalue weighted by Crippen LogP contribution is -2.46. The molecular formula is C36H40B2N2O7. The molecule has 2 amide bonds. The Bertz CT molecular complexity index is 1730. The Morgan fingerprint density at radius 2 is 1.81 bits per heavy atom. The summed E-state index contributed by atoms with van der Waals surface area (Å²) >= 11 is 0. The zero-order valence-corrected chi connectivity index (χ0v) is 27.1. The molecule has 3 heterocycles. The van der Waals surface area contributed by atoms with E-state index in [0.29, 0.717) is 24.9 Å². The number of hydrogen-bond donors (Lipinski definition) is 4. The zero-order valence-electron chi connectivity index (χ0n) is 27.1. The lowest BCUT2D eigenvalue weighted by molar-refractivity contribution is -0.122. The number of carbonyl (C=O) groups is 2. The highest BCUT2D eigenvalue weighted by molar-refractivity contribution is 6.58. The number of benzene rings is 2. The number of phenolic OH excluding ortho intramolecular Hbond substituents is 1. The Morgan fingerprint density at radius 3 is 2.47 bits per heavy atom. The van der Waals surface area contributed by atoms with Gasteiger partial charge in [0.2, 0.25) is 11.8 Å². The Morgan fingerprint density at radius 1 is 1.06 bits per heavy atom. The summed E-state index contributed by atoms with van der Waals surface area (Å²) in [6, 6.07) is 15.8. The fourth-order valence-electron chi connectivity index (χ4n) is 7.72. The molecule has 1 aromatic heterocycles. The maximum absolute atomic E-state index is 14.1. The topological polar surface area (TPSA) is 140 Å². The van der Waals surface area contributed by atoms with Crippen LogP contribution in [-0.2, 0) is 14.2 Å². The van der Waals surface area contributed by atoms with Gasteiger partial charge in [-0.05, 0) is 127 Å². The average Bonchev–Trinajstić information content (AvgIpc) is 3.30. The van der Waals surface area contributed by atoms with Gasteiger partial charge in [-0.15, -0.1) is 0 Å². The van der Waals surface area contributed by atoms with Gasteiger partial charge in [0.1, 0.15) is 5.75 Å². The van der Waals surface area contributed by atoms with Crippen LogP contribution in [0, 0.1) is 37.5 Å². The first-order chi connectivity index (χ1) is 22.4. The molecule has 2 aliphatic heterocycles. The second-order valence-electron chi connectivity index (χ2n) is 13.3. The van der Waals surface area contributed by atoms with Crippen molar-refractivity contribution in [1.29, 1.82) is 0 Å². The van der Waals surface area contributed by atoms with E-state index in [9.17, 15) is 29.8 Å². The smallest absolute Gasteiger partial charge is 0.488 e. The zero-order chi connectivity index (χ0) is 33.6. The summed E-state index contributed by atoms with van der Waals surface area (Å²) in [7, 11) is -2.83. The maximum atomic E-state index is 14.1. The number of amides is 2. The molecule has 3 aliphatic rings. The van der Waals surface area contributed by atoms with Crippen molar-refractivity contribution in [1.82, 2.24) is 4.98 Å². The van der Waals surface area contributed by atoms with E-state index in [1.807, 2.05) is 44.2 Å². The normalized spacial score (nSPS) is 23.0. The highest BCUT2D eigenvalue weighted by atomic mass is 16.5. The van der Waals surface area contributed by atoms with E-state index in [1.165, 1.54) is 17.0 Å². The van der Waals surface area contributed by atoms with Crippen molar-refractivity contribution in [2.45, 2.75) is 59.4 Å². The van der Waals surface area contributed by atoms with Gasteiger partial charge in [-0.1, -0.05) is 37.6 Å². The van der Waals surface area contributed by atoms with Crippen molar-refractivity contribution in [3.8, 4) is 5.75 Å². The van der Waals surface area contributed by atoms with Gasteiger partial charge in [-0.2, -0.15) is 0 Å². The molecule has 4 N–H and O–H groups in total. The highest BCUT2D eigenvalue weighted by Crippen LogP contribution is 2.52. The van der Waals surface area contributed by atoms with E-state index in [0.717, 1.165) is 39.1 Å². The third-order valence-electron chi connectivity index (χ3n) is 9.89. The SMILES string of the molecule is Cc1cc(/C=C(/CC[C@H]2OB(O)C[C@H]3C2=C(C(C)C)C[C@H]2C(=O)N(c4cccc(B(O)O)c4)C(=O)[C@H]23)c2ccccn2)cc(C)c1O. The monoisotopic (exact) mass is 634 g/mol. The summed E-state index contributed by atoms with van der Waals surface area (Å²) < 4.78 is 6.24. The van der Waals surface area contributed by atoms with Gasteiger partial charge in [0.15, 0.2) is 0 Å². The molecule has 0 unspecified atom stereocenters. The van der Waals surface area contributed by atoms with E-state index in [-0.39, 0.29) is 41.2 Å². The predicted molar refractivity (Wildman–Crippen MR) is 182 cm³/mol. The number of fused-ring (bicyclic) bond motifs is 3. The Hall–Kier alpha value is -4.02. The van der Waals surface area contributed by atoms with Crippen LogP contribution in [0.15, 0.2) is 71.9 Å². The van der Waals surface area contributed by atoms with Crippen LogP contribution in [0.3, 0.4) is 0 Å². The van der Waals surface area contributed by atoms with Gasteiger partial charge in [-0.25, -0.2) is 0 Å². The molecule has 47 heavy (non-hydrogen) atoms. The summed E-state index contributed by atoms with van der Waals surface area (Å²) in [6.45, 7) is 7.91. The average molecular weight is 634 g/mol. The first kappa shape index (κ1) is 32.9. The number of carbonyl (C=O) groups excluding carboxylic acids is 2. The van der Waals surface area contributed by atoms with Gasteiger partial charge in [0.25, 0.3) is 0 Å². The molecule has 4 atom stereocenters. The van der Waals surface area contributed by atoms with E-state index >= 15 is 0 Å². The number of hydrogen-bond acceptors (Lipinski definition) is 8. The number of anilines is 1. The van der Waals surface area contributed by atoms with Crippen molar-refractivity contribution in [2.75, 3.05) is 4.90 Å². The summed E-state index contributed by atoms with van der Waals surface area (Å²) in [5.41, 5.74) is 6.88. The second-order valence-corrected chi connectivity index (χ2v) is 13.3. The van der Waals surface area contributed by atoms with Crippen molar-refractivity contribution < 1.29 is 34.4 Å². The van der Waals surface area contributed by atoms with Crippen molar-refractivity contribution >= 4 is 48.9 Å². The molecule has 0 spiro atoms. The van der Waals surface area contributed by atoms with Crippen molar-refractivity contribution in [3.63, 3.8) is 0 Å². The summed E-state index contributed by atoms with van der Waals surface area (Å²) in [5, 5.41) is 40.8. The molecule has 242 valence electrons. The summed E-state index contributed by atoms with van der Waals surface area (Å²) in [4.78, 5) is 33.8. The number of allylic oxidation sites excluding steroid dienone is 2. The highest BCUT2D eigenvalue weighted by Gasteiger charge is 2.57. The minimum atomic E-state index is -1.73. The van der Waals surface area contributed by atoms with Crippen LogP contribution in [0.1, 0.15) is 55.5 Å². The molecule has 2 aromatic carbocycles. The molecule has 0 saturated carbocycles. The number of rotatable bonds is 8. The van der Waals surface area contributed by atoms with Gasteiger partial charge in [0.05, 0.1) is 29.3 Å². The Kier molecular flexibility index (Phi) is 9.27. The summed E-state index contributed by atoms with van der Waals surface area (Å²) in [6.07, 6.45) is 5.07.